The first-order valence-corrected chi connectivity index (χ1v) is 9.42. The molecular weight excluding hydrogens is 374 g/mol. The molecular formula is C18H22ClN3O3S. The molecule has 1 aromatic carbocycles. The van der Waals surface area contributed by atoms with Gasteiger partial charge in [0, 0.05) is 21.6 Å². The fourth-order valence-corrected chi connectivity index (χ4v) is 3.03. The molecule has 0 bridgehead atoms. The van der Waals surface area contributed by atoms with Crippen molar-refractivity contribution in [1.82, 2.24) is 9.88 Å². The Labute approximate surface area is 162 Å². The third kappa shape index (κ3) is 5.44. The number of nitrogens with zero attached hydrogens (tertiary/aromatic N) is 2. The summed E-state index contributed by atoms with van der Waals surface area (Å²) in [5.41, 5.74) is 0.477. The lowest BCUT2D eigenvalue weighted by molar-refractivity contribution is 0.0520. The molecule has 1 heterocycles. The maximum absolute atomic E-state index is 12.8. The third-order valence-corrected chi connectivity index (χ3v) is 4.57. The molecule has 2 amide bonds. The number of hydrogen-bond acceptors (Lipinski definition) is 5. The van der Waals surface area contributed by atoms with Gasteiger partial charge in [-0.15, -0.1) is 11.3 Å². The number of urea groups is 1. The number of anilines is 1. The number of esters is 1. The highest BCUT2D eigenvalue weighted by Gasteiger charge is 2.28. The van der Waals surface area contributed by atoms with Crippen LogP contribution >= 0.6 is 22.9 Å². The van der Waals surface area contributed by atoms with E-state index in [2.05, 4.69) is 10.3 Å². The molecule has 0 unspecified atom stereocenters. The summed E-state index contributed by atoms with van der Waals surface area (Å²) in [5.74, 6) is -0.456. The number of thiazole rings is 1. The monoisotopic (exact) mass is 395 g/mol. The van der Waals surface area contributed by atoms with E-state index in [1.54, 1.807) is 41.5 Å². The second-order valence-electron chi connectivity index (χ2n) is 6.54. The molecule has 0 fully saturated rings. The van der Waals surface area contributed by atoms with Gasteiger partial charge in [0.15, 0.2) is 5.69 Å². The van der Waals surface area contributed by atoms with E-state index in [-0.39, 0.29) is 18.3 Å². The van der Waals surface area contributed by atoms with Gasteiger partial charge in [0.25, 0.3) is 0 Å². The van der Waals surface area contributed by atoms with Gasteiger partial charge < -0.3 is 15.0 Å². The summed E-state index contributed by atoms with van der Waals surface area (Å²) in [4.78, 5) is 30.5. The van der Waals surface area contributed by atoms with Gasteiger partial charge >= 0.3 is 12.0 Å². The Morgan fingerprint density at radius 3 is 2.50 bits per heavy atom. The van der Waals surface area contributed by atoms with Crippen molar-refractivity contribution in [1.29, 1.82) is 0 Å². The lowest BCUT2D eigenvalue weighted by atomic mass is 10.1. The van der Waals surface area contributed by atoms with Crippen molar-refractivity contribution >= 4 is 40.6 Å². The SMILES string of the molecule is CCOC(=O)c1csc(CN(C(=O)Nc2ccc(Cl)cc2)C(C)(C)C)n1. The molecule has 8 heteroatoms. The van der Waals surface area contributed by atoms with Crippen molar-refractivity contribution in [2.75, 3.05) is 11.9 Å². The Morgan fingerprint density at radius 1 is 1.27 bits per heavy atom. The van der Waals surface area contributed by atoms with Crippen LogP contribution < -0.4 is 5.32 Å². The summed E-state index contributed by atoms with van der Waals surface area (Å²) in [5, 5.41) is 5.77. The van der Waals surface area contributed by atoms with E-state index in [4.69, 9.17) is 16.3 Å². The molecule has 0 aliphatic rings. The van der Waals surface area contributed by atoms with E-state index < -0.39 is 11.5 Å². The molecule has 0 saturated heterocycles. The molecule has 2 aromatic rings. The minimum absolute atomic E-state index is 0.257. The van der Waals surface area contributed by atoms with Crippen molar-refractivity contribution in [2.45, 2.75) is 39.8 Å². The molecule has 0 radical (unpaired) electrons. The average Bonchev–Trinajstić information content (AvgIpc) is 3.03. The zero-order valence-electron chi connectivity index (χ0n) is 15.2. The first-order valence-electron chi connectivity index (χ1n) is 8.16. The van der Waals surface area contributed by atoms with Crippen LogP contribution in [0.1, 0.15) is 43.2 Å². The van der Waals surface area contributed by atoms with Crippen LogP contribution in [0.25, 0.3) is 0 Å². The second kappa shape index (κ2) is 8.51. The molecule has 140 valence electrons. The van der Waals surface area contributed by atoms with Crippen molar-refractivity contribution < 1.29 is 14.3 Å². The predicted octanol–water partition coefficient (Wildman–Crippen LogP) is 4.81. The first-order chi connectivity index (χ1) is 12.2. The van der Waals surface area contributed by atoms with Crippen LogP contribution in [-0.2, 0) is 11.3 Å². The Balaban J connectivity index is 2.13. The molecule has 1 N–H and O–H groups in total. The number of carbonyl (C=O) groups is 2. The maximum atomic E-state index is 12.8. The van der Waals surface area contributed by atoms with Crippen LogP contribution in [0.2, 0.25) is 5.02 Å². The van der Waals surface area contributed by atoms with Gasteiger partial charge in [-0.3, -0.25) is 0 Å². The number of ether oxygens (including phenoxy) is 1. The van der Waals surface area contributed by atoms with Gasteiger partial charge in [-0.25, -0.2) is 14.6 Å². The van der Waals surface area contributed by atoms with Gasteiger partial charge in [0.1, 0.15) is 5.01 Å². The lowest BCUT2D eigenvalue weighted by Crippen LogP contribution is -2.47. The summed E-state index contributed by atoms with van der Waals surface area (Å²) >= 11 is 7.20. The number of aromatic nitrogens is 1. The van der Waals surface area contributed by atoms with Gasteiger partial charge in [0.05, 0.1) is 13.2 Å². The maximum Gasteiger partial charge on any atom is 0.357 e. The lowest BCUT2D eigenvalue weighted by Gasteiger charge is -2.35. The minimum atomic E-state index is -0.456. The van der Waals surface area contributed by atoms with E-state index >= 15 is 0 Å². The van der Waals surface area contributed by atoms with E-state index in [0.717, 1.165) is 0 Å². The van der Waals surface area contributed by atoms with Gasteiger partial charge in [-0.2, -0.15) is 0 Å². The minimum Gasteiger partial charge on any atom is -0.461 e. The molecule has 0 saturated carbocycles. The van der Waals surface area contributed by atoms with Crippen LogP contribution in [0.3, 0.4) is 0 Å². The largest absolute Gasteiger partial charge is 0.461 e. The fraction of sp³-hybridized carbons (Fsp3) is 0.389. The van der Waals surface area contributed by atoms with E-state index in [0.29, 0.717) is 22.3 Å². The van der Waals surface area contributed by atoms with Crippen LogP contribution in [0.4, 0.5) is 10.5 Å². The van der Waals surface area contributed by atoms with E-state index in [1.807, 2.05) is 20.8 Å². The Bertz CT molecular complexity index is 769. The smallest absolute Gasteiger partial charge is 0.357 e. The molecule has 2 rings (SSSR count). The second-order valence-corrected chi connectivity index (χ2v) is 7.92. The van der Waals surface area contributed by atoms with Crippen molar-refractivity contribution in [3.05, 3.63) is 45.4 Å². The van der Waals surface area contributed by atoms with Gasteiger partial charge in [-0.05, 0) is 52.0 Å². The van der Waals surface area contributed by atoms with Gasteiger partial charge in [0.2, 0.25) is 0 Å². The molecule has 0 spiro atoms. The molecule has 0 atom stereocenters. The summed E-state index contributed by atoms with van der Waals surface area (Å²) in [6.45, 7) is 8.14. The highest BCUT2D eigenvalue weighted by molar-refractivity contribution is 7.09. The standard InChI is InChI=1S/C18H22ClN3O3S/c1-5-25-16(23)14-11-26-15(21-14)10-22(18(2,3)4)17(24)20-13-8-6-12(19)7-9-13/h6-9,11H,5,10H2,1-4H3,(H,20,24). The van der Waals surface area contributed by atoms with Crippen LogP contribution in [0, 0.1) is 0 Å². The number of benzene rings is 1. The van der Waals surface area contributed by atoms with Gasteiger partial charge in [-0.1, -0.05) is 11.6 Å². The van der Waals surface area contributed by atoms with Crippen LogP contribution in [-0.4, -0.2) is 34.0 Å². The molecule has 1 aromatic heterocycles. The van der Waals surface area contributed by atoms with Crippen LogP contribution in [0.15, 0.2) is 29.6 Å². The number of rotatable bonds is 5. The predicted molar refractivity (Wildman–Crippen MR) is 104 cm³/mol. The first kappa shape index (κ1) is 20.2. The molecule has 26 heavy (non-hydrogen) atoms. The Hall–Kier alpha value is -2.12. The highest BCUT2D eigenvalue weighted by Crippen LogP contribution is 2.22. The van der Waals surface area contributed by atoms with Crippen LogP contribution in [0.5, 0.6) is 0 Å². The highest BCUT2D eigenvalue weighted by atomic mass is 35.5. The molecule has 0 aliphatic carbocycles. The van der Waals surface area contributed by atoms with E-state index in [9.17, 15) is 9.59 Å². The topological polar surface area (TPSA) is 71.5 Å². The molecule has 0 aliphatic heterocycles. The number of halogens is 1. The van der Waals surface area contributed by atoms with E-state index in [1.165, 1.54) is 11.3 Å². The Kier molecular flexibility index (Phi) is 6.61. The number of nitrogens with one attached hydrogen (secondary N) is 1. The normalized spacial score (nSPS) is 11.1. The number of carbonyl (C=O) groups excluding carboxylic acids is 2. The average molecular weight is 396 g/mol. The zero-order valence-corrected chi connectivity index (χ0v) is 16.8. The number of amides is 2. The summed E-state index contributed by atoms with van der Waals surface area (Å²) in [7, 11) is 0. The van der Waals surface area contributed by atoms with Crippen molar-refractivity contribution in [3.63, 3.8) is 0 Å². The molecule has 6 nitrogen and oxygen atoms in total. The quantitative estimate of drug-likeness (QED) is 0.737. The van der Waals surface area contributed by atoms with Crippen molar-refractivity contribution in [2.24, 2.45) is 0 Å². The number of hydrogen-bond donors (Lipinski definition) is 1. The van der Waals surface area contributed by atoms with Crippen molar-refractivity contribution in [3.8, 4) is 0 Å². The third-order valence-electron chi connectivity index (χ3n) is 3.48. The summed E-state index contributed by atoms with van der Waals surface area (Å²) < 4.78 is 4.95. The summed E-state index contributed by atoms with van der Waals surface area (Å²) in [6, 6.07) is 6.65. The zero-order chi connectivity index (χ0) is 19.3. The Morgan fingerprint density at radius 2 is 1.92 bits per heavy atom. The fourth-order valence-electron chi connectivity index (χ4n) is 2.16. The summed E-state index contributed by atoms with van der Waals surface area (Å²) in [6.07, 6.45) is 0.